The van der Waals surface area contributed by atoms with Crippen LogP contribution < -0.4 is 15.0 Å². The molecular formula is C22H23FN2O5. The molecule has 7 nitrogen and oxygen atoms in total. The summed E-state index contributed by atoms with van der Waals surface area (Å²) < 4.78 is 23.7. The molecule has 0 unspecified atom stereocenters. The summed E-state index contributed by atoms with van der Waals surface area (Å²) in [7, 11) is 0. The van der Waals surface area contributed by atoms with Crippen LogP contribution in [0, 0.1) is 5.82 Å². The number of hydrogen-bond donors (Lipinski definition) is 1. The van der Waals surface area contributed by atoms with Crippen LogP contribution in [0.1, 0.15) is 27.7 Å². The third-order valence-corrected chi connectivity index (χ3v) is 4.83. The Bertz CT molecular complexity index is 974. The molecule has 0 saturated carbocycles. The second-order valence-electron chi connectivity index (χ2n) is 7.50. The van der Waals surface area contributed by atoms with E-state index in [0.717, 1.165) is 0 Å². The number of amides is 2. The summed E-state index contributed by atoms with van der Waals surface area (Å²) in [6, 6.07) is 12.1. The fourth-order valence-corrected chi connectivity index (χ4v) is 3.11. The van der Waals surface area contributed by atoms with E-state index >= 15 is 0 Å². The van der Waals surface area contributed by atoms with Crippen molar-refractivity contribution in [2.24, 2.45) is 0 Å². The van der Waals surface area contributed by atoms with Crippen molar-refractivity contribution in [1.82, 2.24) is 0 Å². The molecule has 0 spiro atoms. The van der Waals surface area contributed by atoms with Crippen LogP contribution in [0.5, 0.6) is 5.75 Å². The number of carbonyl (C=O) groups excluding carboxylic acids is 3. The number of carbonyl (C=O) groups is 3. The van der Waals surface area contributed by atoms with Gasteiger partial charge in [0.25, 0.3) is 5.91 Å². The highest BCUT2D eigenvalue weighted by Crippen LogP contribution is 2.37. The van der Waals surface area contributed by atoms with Crippen molar-refractivity contribution in [2.75, 3.05) is 10.2 Å². The van der Waals surface area contributed by atoms with Gasteiger partial charge in [-0.25, -0.2) is 9.18 Å². The maximum atomic E-state index is 13.2. The van der Waals surface area contributed by atoms with E-state index in [1.807, 2.05) is 0 Å². The van der Waals surface area contributed by atoms with E-state index < -0.39 is 35.4 Å². The molecule has 158 valence electrons. The molecule has 2 aromatic carbocycles. The summed E-state index contributed by atoms with van der Waals surface area (Å²) in [5.74, 6) is -1.77. The van der Waals surface area contributed by atoms with Gasteiger partial charge in [0.2, 0.25) is 5.91 Å². The van der Waals surface area contributed by atoms with E-state index in [1.165, 1.54) is 43.0 Å². The number of fused-ring (bicyclic) bond motifs is 1. The Labute approximate surface area is 173 Å². The molecule has 0 fully saturated rings. The van der Waals surface area contributed by atoms with E-state index in [4.69, 9.17) is 9.47 Å². The third-order valence-electron chi connectivity index (χ3n) is 4.83. The first-order chi connectivity index (χ1) is 14.1. The normalized spacial score (nSPS) is 16.7. The van der Waals surface area contributed by atoms with Gasteiger partial charge in [0.15, 0.2) is 12.2 Å². The van der Waals surface area contributed by atoms with Gasteiger partial charge in [0.05, 0.1) is 11.4 Å². The van der Waals surface area contributed by atoms with Crippen LogP contribution in [-0.2, 0) is 19.1 Å². The molecule has 0 aromatic heterocycles. The van der Waals surface area contributed by atoms with Crippen LogP contribution in [0.4, 0.5) is 15.8 Å². The lowest BCUT2D eigenvalue weighted by atomic mass is 9.95. The minimum Gasteiger partial charge on any atom is -0.479 e. The lowest BCUT2D eigenvalue weighted by Crippen LogP contribution is -2.60. The molecule has 2 atom stereocenters. The number of nitrogens with one attached hydrogen (secondary N) is 1. The second kappa shape index (κ2) is 8.14. The number of para-hydroxylation sites is 2. The monoisotopic (exact) mass is 414 g/mol. The first-order valence-electron chi connectivity index (χ1n) is 9.48. The van der Waals surface area contributed by atoms with Gasteiger partial charge in [-0.3, -0.25) is 14.5 Å². The predicted octanol–water partition coefficient (Wildman–Crippen LogP) is 3.29. The molecule has 1 N–H and O–H groups in total. The Hall–Kier alpha value is -3.42. The zero-order chi connectivity index (χ0) is 22.1. The smallest absolute Gasteiger partial charge is 0.347 e. The predicted molar refractivity (Wildman–Crippen MR) is 109 cm³/mol. The number of nitrogens with zero attached hydrogens (tertiary/aromatic N) is 1. The fraction of sp³-hybridized carbons (Fsp3) is 0.318. The van der Waals surface area contributed by atoms with E-state index in [0.29, 0.717) is 17.1 Å². The molecule has 1 heterocycles. The topological polar surface area (TPSA) is 84.9 Å². The number of anilines is 2. The van der Waals surface area contributed by atoms with Gasteiger partial charge in [-0.15, -0.1) is 0 Å². The van der Waals surface area contributed by atoms with E-state index in [1.54, 1.807) is 38.1 Å². The van der Waals surface area contributed by atoms with Gasteiger partial charge >= 0.3 is 5.97 Å². The number of benzene rings is 2. The molecule has 3 rings (SSSR count). The van der Waals surface area contributed by atoms with Gasteiger partial charge in [-0.05, 0) is 64.1 Å². The molecule has 0 radical (unpaired) electrons. The van der Waals surface area contributed by atoms with Crippen molar-refractivity contribution >= 4 is 29.2 Å². The summed E-state index contributed by atoms with van der Waals surface area (Å²) in [5, 5.41) is 2.78. The number of esters is 1. The van der Waals surface area contributed by atoms with Crippen molar-refractivity contribution in [3.05, 3.63) is 54.3 Å². The summed E-state index contributed by atoms with van der Waals surface area (Å²) in [6.07, 6.45) is -2.18. The lowest BCUT2D eigenvalue weighted by molar-refractivity contribution is -0.160. The minimum absolute atomic E-state index is 0.294. The number of rotatable bonds is 5. The Morgan fingerprint density at radius 2 is 1.67 bits per heavy atom. The van der Waals surface area contributed by atoms with Crippen LogP contribution in [0.3, 0.4) is 0 Å². The van der Waals surface area contributed by atoms with Crippen LogP contribution in [0.25, 0.3) is 0 Å². The zero-order valence-corrected chi connectivity index (χ0v) is 17.1. The molecule has 8 heteroatoms. The maximum Gasteiger partial charge on any atom is 0.347 e. The molecule has 0 saturated heterocycles. The Kier molecular flexibility index (Phi) is 5.78. The summed E-state index contributed by atoms with van der Waals surface area (Å²) in [6.45, 7) is 6.14. The lowest BCUT2D eigenvalue weighted by Gasteiger charge is -2.42. The van der Waals surface area contributed by atoms with Crippen molar-refractivity contribution in [3.8, 4) is 5.75 Å². The van der Waals surface area contributed by atoms with Gasteiger partial charge in [-0.1, -0.05) is 12.1 Å². The quantitative estimate of drug-likeness (QED) is 0.759. The van der Waals surface area contributed by atoms with Gasteiger partial charge in [-0.2, -0.15) is 0 Å². The summed E-state index contributed by atoms with van der Waals surface area (Å²) in [5.41, 5.74) is -0.158. The van der Waals surface area contributed by atoms with Crippen molar-refractivity contribution in [1.29, 1.82) is 0 Å². The zero-order valence-electron chi connectivity index (χ0n) is 17.1. The summed E-state index contributed by atoms with van der Waals surface area (Å²) in [4.78, 5) is 39.4. The Morgan fingerprint density at radius 1 is 1.03 bits per heavy atom. The molecule has 30 heavy (non-hydrogen) atoms. The Balaban J connectivity index is 1.73. The minimum atomic E-state index is -1.18. The van der Waals surface area contributed by atoms with Crippen molar-refractivity contribution in [2.45, 2.75) is 45.4 Å². The number of halogens is 1. The molecule has 2 aromatic rings. The molecule has 0 aliphatic carbocycles. The van der Waals surface area contributed by atoms with Crippen LogP contribution in [0.2, 0.25) is 0 Å². The average molecular weight is 414 g/mol. The number of hydrogen-bond acceptors (Lipinski definition) is 5. The molecule has 1 aliphatic rings. The van der Waals surface area contributed by atoms with Crippen molar-refractivity contribution < 1.29 is 28.2 Å². The summed E-state index contributed by atoms with van der Waals surface area (Å²) >= 11 is 0. The first kappa shape index (κ1) is 21.3. The second-order valence-corrected chi connectivity index (χ2v) is 7.50. The van der Waals surface area contributed by atoms with Gasteiger partial charge in [0.1, 0.15) is 17.1 Å². The van der Waals surface area contributed by atoms with Gasteiger partial charge in [0, 0.05) is 0 Å². The SMILES string of the molecule is C[C@H](OC(=O)[C@@H](C)Oc1ccc(F)cc1)C(=O)N1c2ccccc2NC(=O)C1(C)C. The largest absolute Gasteiger partial charge is 0.479 e. The first-order valence-corrected chi connectivity index (χ1v) is 9.48. The third kappa shape index (κ3) is 4.12. The van der Waals surface area contributed by atoms with Gasteiger partial charge < -0.3 is 14.8 Å². The highest BCUT2D eigenvalue weighted by atomic mass is 19.1. The van der Waals surface area contributed by atoms with Crippen LogP contribution in [-0.4, -0.2) is 35.5 Å². The maximum absolute atomic E-state index is 13.2. The molecule has 0 bridgehead atoms. The number of ether oxygens (including phenoxy) is 2. The fourth-order valence-electron chi connectivity index (χ4n) is 3.11. The highest BCUT2D eigenvalue weighted by Gasteiger charge is 2.45. The molecule has 2 amide bonds. The highest BCUT2D eigenvalue weighted by molar-refractivity contribution is 6.15. The van der Waals surface area contributed by atoms with Crippen LogP contribution >= 0.6 is 0 Å². The van der Waals surface area contributed by atoms with Crippen LogP contribution in [0.15, 0.2) is 48.5 Å². The Morgan fingerprint density at radius 3 is 2.33 bits per heavy atom. The standard InChI is InChI=1S/C22H23FN2O5/c1-13(30-20(27)14(2)29-16-11-9-15(23)10-12-16)19(26)25-18-8-6-5-7-17(18)24-21(28)22(25,3)4/h5-14H,1-4H3,(H,24,28)/t13-,14+/m0/s1. The average Bonchev–Trinajstić information content (AvgIpc) is 2.70. The van der Waals surface area contributed by atoms with Crippen molar-refractivity contribution in [3.63, 3.8) is 0 Å². The van der Waals surface area contributed by atoms with E-state index in [-0.39, 0.29) is 5.91 Å². The molecular weight excluding hydrogens is 391 g/mol. The van der Waals surface area contributed by atoms with E-state index in [2.05, 4.69) is 5.32 Å². The molecule has 1 aliphatic heterocycles. The van der Waals surface area contributed by atoms with E-state index in [9.17, 15) is 18.8 Å².